The van der Waals surface area contributed by atoms with Crippen molar-refractivity contribution in [2.45, 2.75) is 11.8 Å². The lowest BCUT2D eigenvalue weighted by Crippen LogP contribution is -2.16. The summed E-state index contributed by atoms with van der Waals surface area (Å²) in [5, 5.41) is 5.49. The molecule has 180 valence electrons. The number of rotatable bonds is 6. The van der Waals surface area contributed by atoms with E-state index in [0.29, 0.717) is 27.8 Å². The van der Waals surface area contributed by atoms with Gasteiger partial charge in [0.15, 0.2) is 5.82 Å². The zero-order chi connectivity index (χ0) is 25.3. The van der Waals surface area contributed by atoms with Crippen LogP contribution < -0.4 is 4.72 Å². The molecule has 36 heavy (non-hydrogen) atoms. The minimum atomic E-state index is -3.93. The van der Waals surface area contributed by atoms with Crippen LogP contribution in [0.3, 0.4) is 0 Å². The third-order valence-corrected chi connectivity index (χ3v) is 8.01. The third-order valence-electron chi connectivity index (χ3n) is 5.71. The highest BCUT2D eigenvalue weighted by molar-refractivity contribution is 9.10. The summed E-state index contributed by atoms with van der Waals surface area (Å²) in [6.45, 7) is 1.91. The third kappa shape index (κ3) is 4.82. The molecule has 0 fully saturated rings. The molecule has 1 aromatic heterocycles. The lowest BCUT2D eigenvalue weighted by Gasteiger charge is -2.14. The Bertz CT molecular complexity index is 1630. The van der Waals surface area contributed by atoms with Gasteiger partial charge in [0.05, 0.1) is 16.1 Å². The summed E-state index contributed by atoms with van der Waals surface area (Å²) >= 11 is 9.79. The molecule has 0 unspecified atom stereocenters. The van der Waals surface area contributed by atoms with Crippen molar-refractivity contribution in [2.24, 2.45) is 0 Å². The van der Waals surface area contributed by atoms with Gasteiger partial charge in [-0.3, -0.25) is 4.72 Å². The fourth-order valence-electron chi connectivity index (χ4n) is 3.90. The first-order valence-electron chi connectivity index (χ1n) is 11.1. The van der Waals surface area contributed by atoms with Gasteiger partial charge >= 0.3 is 0 Å². The topological polar surface area (TPSA) is 64.0 Å². The van der Waals surface area contributed by atoms with Crippen molar-refractivity contribution in [3.63, 3.8) is 0 Å². The van der Waals surface area contributed by atoms with Crippen LogP contribution in [0.5, 0.6) is 0 Å². The maximum absolute atomic E-state index is 13.6. The summed E-state index contributed by atoms with van der Waals surface area (Å²) in [6.07, 6.45) is 0. The Hall–Kier alpha value is -3.39. The number of aryl methyl sites for hydroxylation is 1. The first-order chi connectivity index (χ1) is 17.3. The van der Waals surface area contributed by atoms with Gasteiger partial charge in [-0.2, -0.15) is 5.10 Å². The molecule has 4 aromatic carbocycles. The van der Waals surface area contributed by atoms with Gasteiger partial charge in [0, 0.05) is 20.6 Å². The largest absolute Gasteiger partial charge is 0.263 e. The van der Waals surface area contributed by atoms with Crippen molar-refractivity contribution in [1.29, 1.82) is 0 Å². The Morgan fingerprint density at radius 1 is 0.833 bits per heavy atom. The van der Waals surface area contributed by atoms with Crippen molar-refractivity contribution in [3.05, 3.63) is 118 Å². The van der Waals surface area contributed by atoms with Crippen LogP contribution in [0, 0.1) is 6.92 Å². The van der Waals surface area contributed by atoms with Crippen molar-refractivity contribution >= 4 is 43.4 Å². The quantitative estimate of drug-likeness (QED) is 0.224. The molecule has 0 bridgehead atoms. The predicted molar refractivity (Wildman–Crippen MR) is 149 cm³/mol. The van der Waals surface area contributed by atoms with Crippen LogP contribution in [0.25, 0.3) is 28.1 Å². The summed E-state index contributed by atoms with van der Waals surface area (Å²) < 4.78 is 32.4. The first kappa shape index (κ1) is 24.3. The lowest BCUT2D eigenvalue weighted by atomic mass is 10.0. The molecule has 0 spiro atoms. The lowest BCUT2D eigenvalue weighted by molar-refractivity contribution is 0.600. The van der Waals surface area contributed by atoms with Gasteiger partial charge in [-0.1, -0.05) is 93.8 Å². The Kier molecular flexibility index (Phi) is 6.71. The summed E-state index contributed by atoms with van der Waals surface area (Å²) in [4.78, 5) is 0.163. The standard InChI is InChI=1S/C28H21BrClN3O2S/c1-19-11-17-23(18-12-19)36(34,35)32-28-26(24-9-5-6-10-25(24)29)27(20-7-3-2-4-8-20)31-33(28)22-15-13-21(30)14-16-22/h2-18,32H,1H3. The van der Waals surface area contributed by atoms with Crippen molar-refractivity contribution in [3.8, 4) is 28.1 Å². The van der Waals surface area contributed by atoms with E-state index in [1.165, 1.54) is 0 Å². The molecular weight excluding hydrogens is 558 g/mol. The van der Waals surface area contributed by atoms with E-state index in [0.717, 1.165) is 21.2 Å². The summed E-state index contributed by atoms with van der Waals surface area (Å²) in [6, 6.07) is 31.2. The summed E-state index contributed by atoms with van der Waals surface area (Å²) in [7, 11) is -3.93. The van der Waals surface area contributed by atoms with E-state index in [1.54, 1.807) is 53.2 Å². The second-order valence-electron chi connectivity index (χ2n) is 8.22. The summed E-state index contributed by atoms with van der Waals surface area (Å²) in [5.41, 5.74) is 4.58. The second-order valence-corrected chi connectivity index (χ2v) is 11.2. The molecule has 5 rings (SSSR count). The fraction of sp³-hybridized carbons (Fsp3) is 0.0357. The monoisotopic (exact) mass is 577 g/mol. The van der Waals surface area contributed by atoms with E-state index in [9.17, 15) is 8.42 Å². The van der Waals surface area contributed by atoms with Crippen molar-refractivity contribution < 1.29 is 8.42 Å². The van der Waals surface area contributed by atoms with Gasteiger partial charge < -0.3 is 0 Å². The van der Waals surface area contributed by atoms with E-state index in [2.05, 4.69) is 20.7 Å². The molecule has 0 aliphatic heterocycles. The Labute approximate surface area is 223 Å². The highest BCUT2D eigenvalue weighted by atomic mass is 79.9. The maximum atomic E-state index is 13.6. The number of nitrogens with zero attached hydrogens (tertiary/aromatic N) is 2. The molecule has 0 aliphatic carbocycles. The highest BCUT2D eigenvalue weighted by Crippen LogP contribution is 2.42. The zero-order valence-corrected chi connectivity index (χ0v) is 22.3. The van der Waals surface area contributed by atoms with Gasteiger partial charge in [0.2, 0.25) is 0 Å². The molecule has 8 heteroatoms. The minimum absolute atomic E-state index is 0.163. The van der Waals surface area contributed by atoms with Crippen LogP contribution >= 0.6 is 27.5 Å². The number of aromatic nitrogens is 2. The van der Waals surface area contributed by atoms with Crippen LogP contribution in [-0.4, -0.2) is 18.2 Å². The zero-order valence-electron chi connectivity index (χ0n) is 19.2. The van der Waals surface area contributed by atoms with Crippen LogP contribution in [0.2, 0.25) is 5.02 Å². The molecule has 0 amide bonds. The first-order valence-corrected chi connectivity index (χ1v) is 13.8. The minimum Gasteiger partial charge on any atom is -0.263 e. The van der Waals surface area contributed by atoms with Gasteiger partial charge in [0.1, 0.15) is 5.69 Å². The number of sulfonamides is 1. The maximum Gasteiger partial charge on any atom is 0.263 e. The van der Waals surface area contributed by atoms with Gasteiger partial charge in [-0.05, 0) is 49.4 Å². The van der Waals surface area contributed by atoms with Gasteiger partial charge in [0.25, 0.3) is 10.0 Å². The molecule has 5 aromatic rings. The molecular formula is C28H21BrClN3O2S. The van der Waals surface area contributed by atoms with Gasteiger partial charge in [-0.25, -0.2) is 13.1 Å². The average Bonchev–Trinajstić information content (AvgIpc) is 3.24. The van der Waals surface area contributed by atoms with Crippen LogP contribution in [0.15, 0.2) is 112 Å². The Morgan fingerprint density at radius 2 is 1.47 bits per heavy atom. The average molecular weight is 579 g/mol. The molecule has 1 N–H and O–H groups in total. The number of hydrogen-bond acceptors (Lipinski definition) is 3. The summed E-state index contributed by atoms with van der Waals surface area (Å²) in [5.74, 6) is 0.323. The molecule has 5 nitrogen and oxygen atoms in total. The fourth-order valence-corrected chi connectivity index (χ4v) is 5.57. The van der Waals surface area contributed by atoms with Crippen LogP contribution in [0.1, 0.15) is 5.56 Å². The molecule has 0 saturated heterocycles. The van der Waals surface area contributed by atoms with Crippen molar-refractivity contribution in [2.75, 3.05) is 4.72 Å². The molecule has 1 heterocycles. The molecule has 0 atom stereocenters. The molecule has 0 radical (unpaired) electrons. The van der Waals surface area contributed by atoms with E-state index in [4.69, 9.17) is 16.7 Å². The predicted octanol–water partition coefficient (Wildman–Crippen LogP) is 7.73. The number of hydrogen-bond donors (Lipinski definition) is 1. The van der Waals surface area contributed by atoms with Crippen molar-refractivity contribution in [1.82, 2.24) is 9.78 Å². The van der Waals surface area contributed by atoms with Crippen LogP contribution in [-0.2, 0) is 10.0 Å². The van der Waals surface area contributed by atoms with E-state index >= 15 is 0 Å². The number of anilines is 1. The number of nitrogens with one attached hydrogen (secondary N) is 1. The highest BCUT2D eigenvalue weighted by Gasteiger charge is 2.27. The Balaban J connectivity index is 1.81. The second kappa shape index (κ2) is 9.93. The van der Waals surface area contributed by atoms with E-state index in [-0.39, 0.29) is 4.90 Å². The van der Waals surface area contributed by atoms with Crippen LogP contribution in [0.4, 0.5) is 5.82 Å². The van der Waals surface area contributed by atoms with Gasteiger partial charge in [-0.15, -0.1) is 0 Å². The normalized spacial score (nSPS) is 11.4. The van der Waals surface area contributed by atoms with E-state index in [1.807, 2.05) is 61.5 Å². The number of benzene rings is 4. The van der Waals surface area contributed by atoms with E-state index < -0.39 is 10.0 Å². The molecule has 0 saturated carbocycles. The smallest absolute Gasteiger partial charge is 0.263 e. The SMILES string of the molecule is Cc1ccc(S(=O)(=O)Nc2c(-c3ccccc3Br)c(-c3ccccc3)nn2-c2ccc(Cl)cc2)cc1. The Morgan fingerprint density at radius 3 is 2.14 bits per heavy atom. The number of halogens is 2. The molecule has 0 aliphatic rings.